The van der Waals surface area contributed by atoms with Gasteiger partial charge >= 0.3 is 0 Å². The second kappa shape index (κ2) is 2.69. The molecular formula is C8H8BN. The van der Waals surface area contributed by atoms with Crippen molar-refractivity contribution in [1.29, 1.82) is 0 Å². The van der Waals surface area contributed by atoms with Crippen molar-refractivity contribution in [3.05, 3.63) is 30.5 Å². The molecule has 0 N–H and O–H groups in total. The molecule has 0 fully saturated rings. The number of hydrogen-bond acceptors (Lipinski definition) is 1. The van der Waals surface area contributed by atoms with E-state index in [9.17, 15) is 0 Å². The van der Waals surface area contributed by atoms with Gasteiger partial charge in [-0.2, -0.15) is 0 Å². The first-order chi connectivity index (χ1) is 4.70. The largest absolute Gasteiger partial charge is 0.265 e. The van der Waals surface area contributed by atoms with Crippen LogP contribution < -0.4 is 5.59 Å². The molecule has 0 bridgehead atoms. The highest BCUT2D eigenvalue weighted by atomic mass is 14.7. The Morgan fingerprint density at radius 2 is 2.30 bits per heavy atom. The summed E-state index contributed by atoms with van der Waals surface area (Å²) in [5, 5.41) is 0. The molecule has 0 aliphatic heterocycles. The van der Waals surface area contributed by atoms with Crippen molar-refractivity contribution in [1.82, 2.24) is 4.98 Å². The van der Waals surface area contributed by atoms with Gasteiger partial charge in [-0.1, -0.05) is 18.7 Å². The minimum absolute atomic E-state index is 0.542. The summed E-state index contributed by atoms with van der Waals surface area (Å²) in [6.07, 6.45) is 0. The molecule has 0 aliphatic rings. The number of aromatic nitrogens is 1. The maximum absolute atomic E-state index is 5.44. The van der Waals surface area contributed by atoms with E-state index >= 15 is 0 Å². The van der Waals surface area contributed by atoms with Crippen LogP contribution in [0, 0.1) is 0 Å². The van der Waals surface area contributed by atoms with E-state index in [1.54, 1.807) is 6.07 Å². The van der Waals surface area contributed by atoms with Gasteiger partial charge in [-0.05, 0) is 24.2 Å². The molecule has 1 rings (SSSR count). The molecule has 0 unspecified atom stereocenters. The Morgan fingerprint density at radius 3 is 2.70 bits per heavy atom. The molecule has 10 heavy (non-hydrogen) atoms. The molecule has 0 aromatic carbocycles. The van der Waals surface area contributed by atoms with E-state index in [0.717, 1.165) is 11.3 Å². The number of rotatable bonds is 1. The number of hydrogen-bond donors (Lipinski definition) is 0. The fraction of sp³-hybridized carbons (Fsp3) is 0.125. The van der Waals surface area contributed by atoms with Crippen molar-refractivity contribution in [2.75, 3.05) is 0 Å². The Hall–Kier alpha value is -1.05. The Balaban J connectivity index is 3.07. The summed E-state index contributed by atoms with van der Waals surface area (Å²) in [7, 11) is 5.44. The fourth-order valence-corrected chi connectivity index (χ4v) is 0.689. The van der Waals surface area contributed by atoms with Gasteiger partial charge in [0, 0.05) is 0 Å². The average molecular weight is 129 g/mol. The van der Waals surface area contributed by atoms with Crippen LogP contribution in [-0.2, 0) is 0 Å². The molecule has 0 atom stereocenters. The molecule has 1 aromatic rings. The summed E-state index contributed by atoms with van der Waals surface area (Å²) >= 11 is 0. The lowest BCUT2D eigenvalue weighted by Gasteiger charge is -1.98. The predicted octanol–water partition coefficient (Wildman–Crippen LogP) is 0.908. The van der Waals surface area contributed by atoms with Crippen LogP contribution in [0.3, 0.4) is 0 Å². The van der Waals surface area contributed by atoms with Gasteiger partial charge in [-0.25, -0.2) is 0 Å². The highest BCUT2D eigenvalue weighted by Gasteiger charge is 1.91. The van der Waals surface area contributed by atoms with Crippen LogP contribution in [0.4, 0.5) is 0 Å². The standard InChI is InChI=1S/C8H8BN/c1-6(2)7-4-3-5-8(9)10-7/h3-5H,1H2,2H3. The van der Waals surface area contributed by atoms with Crippen LogP contribution in [0.15, 0.2) is 24.8 Å². The van der Waals surface area contributed by atoms with E-state index in [-0.39, 0.29) is 0 Å². The lowest BCUT2D eigenvalue weighted by molar-refractivity contribution is 1.32. The monoisotopic (exact) mass is 129 g/mol. The number of allylic oxidation sites excluding steroid dienone is 1. The normalized spacial score (nSPS) is 9.30. The molecule has 1 aromatic heterocycles. The van der Waals surface area contributed by atoms with E-state index in [1.165, 1.54) is 0 Å². The number of pyridine rings is 1. The Kier molecular flexibility index (Phi) is 1.90. The second-order valence-electron chi connectivity index (χ2n) is 2.23. The third-order valence-corrected chi connectivity index (χ3v) is 1.21. The maximum Gasteiger partial charge on any atom is 0.141 e. The van der Waals surface area contributed by atoms with Crippen LogP contribution in [-0.4, -0.2) is 12.8 Å². The molecule has 1 nitrogen and oxygen atoms in total. The lowest BCUT2D eigenvalue weighted by atomic mass is 10.0. The highest BCUT2D eigenvalue weighted by Crippen LogP contribution is 2.03. The minimum Gasteiger partial charge on any atom is -0.265 e. The van der Waals surface area contributed by atoms with Gasteiger partial charge < -0.3 is 0 Å². The first-order valence-electron chi connectivity index (χ1n) is 3.08. The Bertz CT molecular complexity index is 255. The van der Waals surface area contributed by atoms with E-state index in [2.05, 4.69) is 11.6 Å². The van der Waals surface area contributed by atoms with Gasteiger partial charge in [0.05, 0.1) is 5.69 Å². The predicted molar refractivity (Wildman–Crippen MR) is 44.3 cm³/mol. The van der Waals surface area contributed by atoms with Crippen molar-refractivity contribution >= 4 is 19.0 Å². The fourth-order valence-electron chi connectivity index (χ4n) is 0.689. The van der Waals surface area contributed by atoms with Gasteiger partial charge in [-0.15, -0.1) is 0 Å². The third-order valence-electron chi connectivity index (χ3n) is 1.21. The maximum atomic E-state index is 5.44. The topological polar surface area (TPSA) is 12.9 Å². The smallest absolute Gasteiger partial charge is 0.141 e. The molecule has 0 saturated heterocycles. The zero-order valence-corrected chi connectivity index (χ0v) is 5.96. The average Bonchev–Trinajstić information content (AvgIpc) is 1.88. The van der Waals surface area contributed by atoms with Crippen LogP contribution >= 0.6 is 0 Å². The number of nitrogens with zero attached hydrogens (tertiary/aromatic N) is 1. The Morgan fingerprint density at radius 1 is 1.60 bits per heavy atom. The first kappa shape index (κ1) is 7.07. The van der Waals surface area contributed by atoms with E-state index < -0.39 is 0 Å². The van der Waals surface area contributed by atoms with E-state index in [0.29, 0.717) is 5.59 Å². The van der Waals surface area contributed by atoms with Crippen LogP contribution in [0.5, 0.6) is 0 Å². The molecule has 2 radical (unpaired) electrons. The van der Waals surface area contributed by atoms with Crippen LogP contribution in [0.1, 0.15) is 12.6 Å². The van der Waals surface area contributed by atoms with Crippen LogP contribution in [0.2, 0.25) is 0 Å². The quantitative estimate of drug-likeness (QED) is 0.513. The molecule has 48 valence electrons. The van der Waals surface area contributed by atoms with Crippen molar-refractivity contribution in [2.45, 2.75) is 6.92 Å². The van der Waals surface area contributed by atoms with Crippen LogP contribution in [0.25, 0.3) is 5.57 Å². The van der Waals surface area contributed by atoms with Gasteiger partial charge in [-0.3, -0.25) is 4.98 Å². The van der Waals surface area contributed by atoms with Crippen molar-refractivity contribution < 1.29 is 0 Å². The molecule has 1 heterocycles. The summed E-state index contributed by atoms with van der Waals surface area (Å²) < 4.78 is 0. The Labute approximate surface area is 62.2 Å². The van der Waals surface area contributed by atoms with Gasteiger partial charge in [0.2, 0.25) is 0 Å². The van der Waals surface area contributed by atoms with Gasteiger partial charge in [0.25, 0.3) is 0 Å². The molecule has 0 spiro atoms. The lowest BCUT2D eigenvalue weighted by Crippen LogP contribution is -2.08. The summed E-state index contributed by atoms with van der Waals surface area (Å²) in [6.45, 7) is 5.65. The summed E-state index contributed by atoms with van der Waals surface area (Å²) in [6, 6.07) is 5.51. The molecular weight excluding hydrogens is 121 g/mol. The minimum atomic E-state index is 0.542. The SMILES string of the molecule is [B]c1cccc(C(=C)C)n1. The summed E-state index contributed by atoms with van der Waals surface area (Å²) in [4.78, 5) is 4.05. The molecule has 2 heteroatoms. The van der Waals surface area contributed by atoms with E-state index in [4.69, 9.17) is 7.85 Å². The molecule has 0 amide bonds. The summed E-state index contributed by atoms with van der Waals surface area (Å²) in [5.41, 5.74) is 2.34. The first-order valence-corrected chi connectivity index (χ1v) is 3.08. The third kappa shape index (κ3) is 1.47. The van der Waals surface area contributed by atoms with Crippen molar-refractivity contribution in [2.24, 2.45) is 0 Å². The van der Waals surface area contributed by atoms with Crippen molar-refractivity contribution in [3.8, 4) is 0 Å². The van der Waals surface area contributed by atoms with Gasteiger partial charge in [0.15, 0.2) is 0 Å². The zero-order chi connectivity index (χ0) is 7.56. The molecule has 0 saturated carbocycles. The highest BCUT2D eigenvalue weighted by molar-refractivity contribution is 6.30. The van der Waals surface area contributed by atoms with E-state index in [1.807, 2.05) is 19.1 Å². The zero-order valence-electron chi connectivity index (χ0n) is 5.96. The molecule has 0 aliphatic carbocycles. The van der Waals surface area contributed by atoms with Crippen molar-refractivity contribution in [3.63, 3.8) is 0 Å². The summed E-state index contributed by atoms with van der Waals surface area (Å²) in [5.74, 6) is 0. The second-order valence-corrected chi connectivity index (χ2v) is 2.23. The van der Waals surface area contributed by atoms with Gasteiger partial charge in [0.1, 0.15) is 7.85 Å².